The average Bonchev–Trinajstić information content (AvgIpc) is 2.99. The lowest BCUT2D eigenvalue weighted by atomic mass is 9.56. The molecule has 0 saturated heterocycles. The molecular weight excluding hydrogens is 616 g/mol. The first-order valence-corrected chi connectivity index (χ1v) is 15.6. The van der Waals surface area contributed by atoms with Gasteiger partial charge < -0.3 is 0 Å². The average molecular weight is 638 g/mol. The Kier molecular flexibility index (Phi) is 4.25. The third-order valence-electron chi connectivity index (χ3n) is 10.1. The zero-order valence-electron chi connectivity index (χ0n) is 21.5. The van der Waals surface area contributed by atoms with E-state index in [1.807, 2.05) is 0 Å². The van der Waals surface area contributed by atoms with Gasteiger partial charge in [-0.15, -0.1) is 0 Å². The first-order chi connectivity index (χ1) is 19.7. The van der Waals surface area contributed by atoms with Crippen LogP contribution in [-0.2, 0) is 0 Å². The molecule has 0 nitrogen and oxygen atoms in total. The number of rotatable bonds is 0. The van der Waals surface area contributed by atoms with Crippen molar-refractivity contribution >= 4 is 42.6 Å². The molecular formula is C38H22Br2. The molecule has 0 heterocycles. The molecule has 40 heavy (non-hydrogen) atoms. The van der Waals surface area contributed by atoms with Gasteiger partial charge in [-0.25, -0.2) is 0 Å². The lowest BCUT2D eigenvalue weighted by molar-refractivity contribution is 0.717. The Morgan fingerprint density at radius 3 is 0.850 bits per heavy atom. The van der Waals surface area contributed by atoms with Gasteiger partial charge in [0.05, 0.1) is 0 Å². The zero-order valence-corrected chi connectivity index (χ0v) is 24.6. The fraction of sp³-hybridized carbons (Fsp3) is 0.105. The molecule has 6 aliphatic rings. The van der Waals surface area contributed by atoms with Crippen LogP contribution in [0.5, 0.6) is 0 Å². The van der Waals surface area contributed by atoms with Gasteiger partial charge in [-0.2, -0.15) is 0 Å². The molecule has 6 aromatic carbocycles. The molecule has 2 heteroatoms. The SMILES string of the molecule is Brc1cc2cc3c(cc2cc1Br)[C@H]1c2ccccc2[C@H]3c2cc3c(cc21)C1c2ccccc2C3c2ccccc21. The van der Waals surface area contributed by atoms with Crippen LogP contribution in [0.1, 0.15) is 90.4 Å². The maximum absolute atomic E-state index is 3.74. The maximum atomic E-state index is 3.74. The number of benzene rings is 6. The summed E-state index contributed by atoms with van der Waals surface area (Å²) in [5.41, 5.74) is 17.9. The first-order valence-electron chi connectivity index (χ1n) is 14.0. The van der Waals surface area contributed by atoms with Crippen molar-refractivity contribution in [3.63, 3.8) is 0 Å². The second kappa shape index (κ2) is 7.63. The van der Waals surface area contributed by atoms with Crippen LogP contribution in [0.25, 0.3) is 10.8 Å². The molecule has 12 rings (SSSR count). The van der Waals surface area contributed by atoms with Crippen molar-refractivity contribution in [2.24, 2.45) is 0 Å². The topological polar surface area (TPSA) is 0 Å². The fourth-order valence-electron chi connectivity index (χ4n) is 8.62. The summed E-state index contributed by atoms with van der Waals surface area (Å²) in [6.07, 6.45) is 0. The Morgan fingerprint density at radius 2 is 0.550 bits per heavy atom. The summed E-state index contributed by atoms with van der Waals surface area (Å²) in [7, 11) is 0. The fourth-order valence-corrected chi connectivity index (χ4v) is 9.34. The lowest BCUT2D eigenvalue weighted by Gasteiger charge is -2.46. The Hall–Kier alpha value is -3.46. The van der Waals surface area contributed by atoms with Crippen molar-refractivity contribution in [3.05, 3.63) is 185 Å². The van der Waals surface area contributed by atoms with Crippen LogP contribution < -0.4 is 0 Å². The minimum atomic E-state index is 0.259. The van der Waals surface area contributed by atoms with Gasteiger partial charge in [0.2, 0.25) is 0 Å². The number of halogens is 2. The van der Waals surface area contributed by atoms with E-state index in [9.17, 15) is 0 Å². The highest BCUT2D eigenvalue weighted by atomic mass is 79.9. The van der Waals surface area contributed by atoms with Gasteiger partial charge in [-0.05, 0) is 134 Å². The number of hydrogen-bond donors (Lipinski definition) is 0. The van der Waals surface area contributed by atoms with E-state index >= 15 is 0 Å². The minimum Gasteiger partial charge on any atom is -0.0619 e. The molecule has 0 amide bonds. The van der Waals surface area contributed by atoms with E-state index in [-0.39, 0.29) is 11.8 Å². The Balaban J connectivity index is 1.28. The van der Waals surface area contributed by atoms with Gasteiger partial charge in [0, 0.05) is 32.6 Å². The van der Waals surface area contributed by atoms with E-state index in [1.54, 1.807) is 0 Å². The van der Waals surface area contributed by atoms with Crippen LogP contribution in [0.3, 0.4) is 0 Å². The highest BCUT2D eigenvalue weighted by molar-refractivity contribution is 9.13. The van der Waals surface area contributed by atoms with Crippen LogP contribution in [0.2, 0.25) is 0 Å². The molecule has 0 saturated carbocycles. The van der Waals surface area contributed by atoms with Gasteiger partial charge >= 0.3 is 0 Å². The number of fused-ring (bicyclic) bond motifs is 1. The predicted octanol–water partition coefficient (Wildman–Crippen LogP) is 10.3. The van der Waals surface area contributed by atoms with Gasteiger partial charge in [0.25, 0.3) is 0 Å². The van der Waals surface area contributed by atoms with Crippen LogP contribution in [0.4, 0.5) is 0 Å². The summed E-state index contributed by atoms with van der Waals surface area (Å²) in [5.74, 6) is 1.12. The van der Waals surface area contributed by atoms with Crippen LogP contribution in [0, 0.1) is 0 Å². The van der Waals surface area contributed by atoms with Crippen molar-refractivity contribution < 1.29 is 0 Å². The van der Waals surface area contributed by atoms with Gasteiger partial charge in [-0.1, -0.05) is 84.9 Å². The van der Waals surface area contributed by atoms with E-state index in [0.29, 0.717) is 11.8 Å². The third-order valence-corrected chi connectivity index (χ3v) is 11.9. The Labute approximate surface area is 250 Å². The zero-order chi connectivity index (χ0) is 26.3. The summed E-state index contributed by atoms with van der Waals surface area (Å²) in [4.78, 5) is 0. The largest absolute Gasteiger partial charge is 0.0619 e. The normalized spacial score (nSPS) is 21.8. The summed E-state index contributed by atoms with van der Waals surface area (Å²) in [6.45, 7) is 0. The van der Waals surface area contributed by atoms with E-state index < -0.39 is 0 Å². The quantitative estimate of drug-likeness (QED) is 0.155. The molecule has 6 aliphatic carbocycles. The molecule has 188 valence electrons. The summed E-state index contributed by atoms with van der Waals surface area (Å²) < 4.78 is 2.20. The third kappa shape index (κ3) is 2.63. The van der Waals surface area contributed by atoms with Crippen molar-refractivity contribution in [1.82, 2.24) is 0 Å². The second-order valence-corrected chi connectivity index (χ2v) is 13.5. The van der Waals surface area contributed by atoms with Gasteiger partial charge in [-0.3, -0.25) is 0 Å². The molecule has 0 N–H and O–H groups in total. The van der Waals surface area contributed by atoms with Crippen LogP contribution in [0.15, 0.2) is 118 Å². The molecule has 4 bridgehead atoms. The maximum Gasteiger partial charge on any atom is 0.0349 e. The summed E-state index contributed by atoms with van der Waals surface area (Å²) in [6, 6.07) is 42.2. The molecule has 0 fully saturated rings. The smallest absolute Gasteiger partial charge is 0.0349 e. The van der Waals surface area contributed by atoms with Gasteiger partial charge in [0.15, 0.2) is 0 Å². The van der Waals surface area contributed by atoms with Crippen molar-refractivity contribution in [3.8, 4) is 0 Å². The molecule has 0 unspecified atom stereocenters. The highest BCUT2D eigenvalue weighted by Gasteiger charge is 2.46. The second-order valence-electron chi connectivity index (χ2n) is 11.8. The lowest BCUT2D eigenvalue weighted by Crippen LogP contribution is -2.31. The summed E-state index contributed by atoms with van der Waals surface area (Å²) in [5, 5.41) is 2.58. The van der Waals surface area contributed by atoms with E-state index in [2.05, 4.69) is 141 Å². The van der Waals surface area contributed by atoms with E-state index in [0.717, 1.165) is 8.95 Å². The van der Waals surface area contributed by atoms with Crippen LogP contribution in [-0.4, -0.2) is 0 Å². The predicted molar refractivity (Wildman–Crippen MR) is 169 cm³/mol. The molecule has 0 aromatic heterocycles. The molecule has 2 atom stereocenters. The summed E-state index contributed by atoms with van der Waals surface area (Å²) >= 11 is 7.49. The Bertz CT molecular complexity index is 1920. The Morgan fingerprint density at radius 1 is 0.300 bits per heavy atom. The van der Waals surface area contributed by atoms with Crippen LogP contribution >= 0.6 is 31.9 Å². The van der Waals surface area contributed by atoms with Crippen molar-refractivity contribution in [2.75, 3.05) is 0 Å². The van der Waals surface area contributed by atoms with E-state index in [1.165, 1.54) is 77.5 Å². The molecule has 0 aliphatic heterocycles. The molecule has 0 radical (unpaired) electrons. The highest BCUT2D eigenvalue weighted by Crippen LogP contribution is 2.61. The monoisotopic (exact) mass is 636 g/mol. The standard InChI is InChI=1S/C38H22Br2/c39-33-15-19-13-27-28(14-20(19)16-34(33)40)38-26-12-6-5-11-25(26)37(27)31-17-29-30(18-32(31)38)36-22-8-2-1-7-21(22)35(29)23-9-3-4-10-24(23)36/h1-18,35-38H/t35?,36?,37-,38-/m1/s1. The molecule has 6 aromatic rings. The van der Waals surface area contributed by atoms with Crippen molar-refractivity contribution in [1.29, 1.82) is 0 Å². The minimum absolute atomic E-state index is 0.259. The van der Waals surface area contributed by atoms with E-state index in [4.69, 9.17) is 0 Å². The first kappa shape index (κ1) is 22.3. The molecule has 0 spiro atoms. The van der Waals surface area contributed by atoms with Crippen molar-refractivity contribution in [2.45, 2.75) is 23.7 Å². The van der Waals surface area contributed by atoms with Gasteiger partial charge in [0.1, 0.15) is 0 Å². The number of hydrogen-bond acceptors (Lipinski definition) is 0.